The van der Waals surface area contributed by atoms with Crippen molar-refractivity contribution in [2.75, 3.05) is 11.4 Å². The van der Waals surface area contributed by atoms with Crippen LogP contribution < -0.4 is 4.90 Å². The largest absolute Gasteiger partial charge is 0.504 e. The van der Waals surface area contributed by atoms with E-state index in [1.165, 1.54) is 12.1 Å². The number of benzene rings is 1. The van der Waals surface area contributed by atoms with E-state index in [0.29, 0.717) is 18.0 Å². The summed E-state index contributed by atoms with van der Waals surface area (Å²) in [4.78, 5) is 1.79. The van der Waals surface area contributed by atoms with E-state index in [1.54, 1.807) is 27.9 Å². The summed E-state index contributed by atoms with van der Waals surface area (Å²) in [5, 5.41) is 10.8. The van der Waals surface area contributed by atoms with Gasteiger partial charge in [-0.3, -0.25) is 0 Å². The average Bonchev–Trinajstić information content (AvgIpc) is 3.34. The molecule has 1 aliphatic rings. The van der Waals surface area contributed by atoms with Gasteiger partial charge in [-0.25, -0.2) is 0 Å². The maximum Gasteiger partial charge on any atom is 0.416 e. The monoisotopic (exact) mass is 374 g/mol. The van der Waals surface area contributed by atoms with Crippen molar-refractivity contribution in [2.45, 2.75) is 12.6 Å². The summed E-state index contributed by atoms with van der Waals surface area (Å²) in [7, 11) is 1.83. The third kappa shape index (κ3) is 3.09. The van der Waals surface area contributed by atoms with Crippen molar-refractivity contribution in [1.29, 1.82) is 0 Å². The summed E-state index contributed by atoms with van der Waals surface area (Å²) in [6.45, 7) is 0.632. The van der Waals surface area contributed by atoms with Crippen LogP contribution in [-0.2, 0) is 13.2 Å². The molecule has 0 aliphatic carbocycles. The molecular weight excluding hydrogens is 357 g/mol. The van der Waals surface area contributed by atoms with Crippen LogP contribution in [0, 0.1) is 0 Å². The zero-order valence-corrected chi connectivity index (χ0v) is 14.5. The summed E-state index contributed by atoms with van der Waals surface area (Å²) in [6.07, 6.45) is 3.66. The molecule has 1 N–H and O–H groups in total. The molecule has 0 amide bonds. The quantitative estimate of drug-likeness (QED) is 0.667. The van der Waals surface area contributed by atoms with E-state index in [4.69, 9.17) is 4.42 Å². The van der Waals surface area contributed by atoms with Crippen LogP contribution in [0.2, 0.25) is 0 Å². The molecule has 0 saturated carbocycles. The highest BCUT2D eigenvalue weighted by atomic mass is 19.4. The maximum atomic E-state index is 13.1. The van der Waals surface area contributed by atoms with Gasteiger partial charge in [0, 0.05) is 37.7 Å². The molecule has 0 fully saturated rings. The predicted octanol–water partition coefficient (Wildman–Crippen LogP) is 5.40. The highest BCUT2D eigenvalue weighted by Crippen LogP contribution is 2.49. The highest BCUT2D eigenvalue weighted by molar-refractivity contribution is 5.88. The van der Waals surface area contributed by atoms with Gasteiger partial charge >= 0.3 is 6.18 Å². The maximum absolute atomic E-state index is 13.1. The second-order valence-corrected chi connectivity index (χ2v) is 6.47. The van der Waals surface area contributed by atoms with Crippen molar-refractivity contribution in [3.63, 3.8) is 0 Å². The van der Waals surface area contributed by atoms with E-state index < -0.39 is 11.7 Å². The fourth-order valence-electron chi connectivity index (χ4n) is 3.22. The SMILES string of the molecule is Cn1ccc(-c2oc(N3C=CCC3)c(-c3cccc(C(F)(F)F)c3)c2O)c1. The van der Waals surface area contributed by atoms with Crippen molar-refractivity contribution in [1.82, 2.24) is 4.57 Å². The third-order valence-electron chi connectivity index (χ3n) is 4.52. The Morgan fingerprint density at radius 3 is 2.59 bits per heavy atom. The Labute approximate surface area is 153 Å². The lowest BCUT2D eigenvalue weighted by molar-refractivity contribution is -0.137. The van der Waals surface area contributed by atoms with Gasteiger partial charge in [0.1, 0.15) is 0 Å². The first-order chi connectivity index (χ1) is 12.8. The number of hydrogen-bond donors (Lipinski definition) is 1. The first-order valence-electron chi connectivity index (χ1n) is 8.43. The Bertz CT molecular complexity index is 1010. The minimum Gasteiger partial charge on any atom is -0.504 e. The number of aromatic hydroxyl groups is 1. The van der Waals surface area contributed by atoms with Gasteiger partial charge in [0.2, 0.25) is 5.88 Å². The van der Waals surface area contributed by atoms with Gasteiger partial charge in [-0.05, 0) is 30.2 Å². The second-order valence-electron chi connectivity index (χ2n) is 6.47. The fraction of sp³-hybridized carbons (Fsp3) is 0.200. The van der Waals surface area contributed by atoms with Crippen LogP contribution in [0.15, 0.2) is 59.4 Å². The molecule has 0 spiro atoms. The lowest BCUT2D eigenvalue weighted by Crippen LogP contribution is -2.12. The number of furan rings is 1. The van der Waals surface area contributed by atoms with Gasteiger partial charge in [0.25, 0.3) is 0 Å². The lowest BCUT2D eigenvalue weighted by atomic mass is 10.0. The fourth-order valence-corrected chi connectivity index (χ4v) is 3.22. The minimum atomic E-state index is -4.47. The molecule has 3 heterocycles. The van der Waals surface area contributed by atoms with Crippen LogP contribution >= 0.6 is 0 Å². The summed E-state index contributed by atoms with van der Waals surface area (Å²) in [5.41, 5.74) is 0.387. The molecule has 1 aliphatic heterocycles. The smallest absolute Gasteiger partial charge is 0.416 e. The number of anilines is 1. The molecule has 1 aromatic carbocycles. The number of nitrogens with zero attached hydrogens (tertiary/aromatic N) is 2. The highest BCUT2D eigenvalue weighted by Gasteiger charge is 2.32. The van der Waals surface area contributed by atoms with Gasteiger partial charge in [0.05, 0.1) is 11.1 Å². The van der Waals surface area contributed by atoms with Crippen molar-refractivity contribution < 1.29 is 22.7 Å². The van der Waals surface area contributed by atoms with Gasteiger partial charge in [-0.1, -0.05) is 18.2 Å². The number of alkyl halides is 3. The normalized spacial score (nSPS) is 14.3. The molecule has 140 valence electrons. The lowest BCUT2D eigenvalue weighted by Gasteiger charge is -2.15. The van der Waals surface area contributed by atoms with Crippen LogP contribution in [-0.4, -0.2) is 16.2 Å². The number of rotatable bonds is 3. The molecule has 4 nitrogen and oxygen atoms in total. The summed E-state index contributed by atoms with van der Waals surface area (Å²) < 4.78 is 47.2. The van der Waals surface area contributed by atoms with E-state index in [-0.39, 0.29) is 22.6 Å². The van der Waals surface area contributed by atoms with Gasteiger partial charge < -0.3 is 19.0 Å². The van der Waals surface area contributed by atoms with Crippen molar-refractivity contribution >= 4 is 5.88 Å². The number of halogens is 3. The summed E-state index contributed by atoms with van der Waals surface area (Å²) >= 11 is 0. The van der Waals surface area contributed by atoms with Crippen molar-refractivity contribution in [2.24, 2.45) is 7.05 Å². The van der Waals surface area contributed by atoms with Crippen LogP contribution in [0.4, 0.5) is 19.1 Å². The molecule has 3 aromatic rings. The number of hydrogen-bond acceptors (Lipinski definition) is 3. The van der Waals surface area contributed by atoms with Gasteiger partial charge in [0.15, 0.2) is 11.5 Å². The molecule has 0 unspecified atom stereocenters. The van der Waals surface area contributed by atoms with Crippen LogP contribution in [0.25, 0.3) is 22.5 Å². The average molecular weight is 374 g/mol. The minimum absolute atomic E-state index is 0.171. The zero-order chi connectivity index (χ0) is 19.2. The van der Waals surface area contributed by atoms with Crippen LogP contribution in [0.3, 0.4) is 0 Å². The summed E-state index contributed by atoms with van der Waals surface area (Å²) in [6, 6.07) is 6.68. The molecule has 2 aromatic heterocycles. The first kappa shape index (κ1) is 17.3. The molecule has 4 rings (SSSR count). The Hall–Kier alpha value is -3.09. The standard InChI is InChI=1S/C20H17F3N2O2/c1-24-10-7-14(12-24)18-17(26)16(19(27-18)25-8-2-3-9-25)13-5-4-6-15(11-13)20(21,22)23/h2,4-8,10-12,26H,3,9H2,1H3. The predicted molar refractivity (Wildman–Crippen MR) is 96.3 cm³/mol. The first-order valence-corrected chi connectivity index (χ1v) is 8.43. The Balaban J connectivity index is 1.91. The Morgan fingerprint density at radius 1 is 1.15 bits per heavy atom. The van der Waals surface area contributed by atoms with E-state index in [9.17, 15) is 18.3 Å². The molecule has 0 atom stereocenters. The second kappa shape index (κ2) is 6.26. The molecule has 0 saturated heterocycles. The molecular formula is C20H17F3N2O2. The van der Waals surface area contributed by atoms with Gasteiger partial charge in [-0.2, -0.15) is 13.2 Å². The van der Waals surface area contributed by atoms with Crippen molar-refractivity contribution in [3.05, 3.63) is 60.6 Å². The molecule has 7 heteroatoms. The topological polar surface area (TPSA) is 41.5 Å². The van der Waals surface area contributed by atoms with E-state index >= 15 is 0 Å². The zero-order valence-electron chi connectivity index (χ0n) is 14.5. The van der Waals surface area contributed by atoms with Gasteiger partial charge in [-0.15, -0.1) is 0 Å². The molecule has 0 radical (unpaired) electrons. The number of aromatic nitrogens is 1. The van der Waals surface area contributed by atoms with Crippen molar-refractivity contribution in [3.8, 4) is 28.2 Å². The van der Waals surface area contributed by atoms with E-state index in [1.807, 2.05) is 19.3 Å². The Kier molecular flexibility index (Phi) is 4.02. The number of aryl methyl sites for hydroxylation is 1. The van der Waals surface area contributed by atoms with E-state index in [0.717, 1.165) is 18.6 Å². The third-order valence-corrected chi connectivity index (χ3v) is 4.52. The molecule has 0 bridgehead atoms. The Morgan fingerprint density at radius 2 is 1.96 bits per heavy atom. The summed E-state index contributed by atoms with van der Waals surface area (Å²) in [5.74, 6) is 0.397. The van der Waals surface area contributed by atoms with Crippen LogP contribution in [0.5, 0.6) is 5.75 Å². The van der Waals surface area contributed by atoms with E-state index in [2.05, 4.69) is 0 Å². The van der Waals surface area contributed by atoms with Crippen LogP contribution in [0.1, 0.15) is 12.0 Å². The molecule has 27 heavy (non-hydrogen) atoms.